The van der Waals surface area contributed by atoms with Gasteiger partial charge in [-0.2, -0.15) is 13.0 Å². The molecule has 8 heteroatoms. The number of carboxylic acids is 1. The Balaban J connectivity index is 1.72. The maximum atomic E-state index is 11.9. The summed E-state index contributed by atoms with van der Waals surface area (Å²) in [4.78, 5) is 13.0. The van der Waals surface area contributed by atoms with Gasteiger partial charge >= 0.3 is 5.97 Å². The molecule has 0 radical (unpaired) electrons. The monoisotopic (exact) mass is 565 g/mol. The smallest absolute Gasteiger partial charge is 0.303 e. The number of allylic oxidation sites excluding steroid dienone is 4. The average molecular weight is 566 g/mol. The molecule has 2 heterocycles. The highest BCUT2D eigenvalue weighted by Crippen LogP contribution is 2.48. The van der Waals surface area contributed by atoms with Crippen molar-refractivity contribution in [3.05, 3.63) is 77.5 Å². The summed E-state index contributed by atoms with van der Waals surface area (Å²) in [5.74, 6) is -0.789. The number of unbranched alkanes of at least 4 members (excludes halogenated alkanes) is 2. The number of anilines is 1. The van der Waals surface area contributed by atoms with Crippen molar-refractivity contribution in [2.45, 2.75) is 82.4 Å². The van der Waals surface area contributed by atoms with E-state index >= 15 is 0 Å². The van der Waals surface area contributed by atoms with Crippen LogP contribution in [0, 0.1) is 0 Å². The lowest BCUT2D eigenvalue weighted by Gasteiger charge is -2.27. The van der Waals surface area contributed by atoms with Gasteiger partial charge in [0.2, 0.25) is 5.69 Å². The van der Waals surface area contributed by atoms with Gasteiger partial charge in [-0.3, -0.25) is 9.35 Å². The molecule has 0 aliphatic carbocycles. The van der Waals surface area contributed by atoms with Crippen molar-refractivity contribution in [2.75, 3.05) is 18.0 Å². The summed E-state index contributed by atoms with van der Waals surface area (Å²) >= 11 is 0. The Morgan fingerprint density at radius 1 is 1.00 bits per heavy atom. The molecule has 2 N–H and O–H groups in total. The molecular formula is C32H41N2O5S+. The summed E-state index contributed by atoms with van der Waals surface area (Å²) in [7, 11) is -4.34. The number of carbonyl (C=O) groups is 1. The van der Waals surface area contributed by atoms with Crippen LogP contribution in [0.5, 0.6) is 0 Å². The summed E-state index contributed by atoms with van der Waals surface area (Å²) in [6.07, 6.45) is 9.76. The summed E-state index contributed by atoms with van der Waals surface area (Å²) in [6, 6.07) is 13.3. The second-order valence-electron chi connectivity index (χ2n) is 11.7. The minimum absolute atomic E-state index is 0.117. The first-order chi connectivity index (χ1) is 18.8. The second-order valence-corrected chi connectivity index (χ2v) is 13.1. The van der Waals surface area contributed by atoms with Crippen LogP contribution in [0.2, 0.25) is 0 Å². The molecule has 2 aliphatic heterocycles. The summed E-state index contributed by atoms with van der Waals surface area (Å²) < 4.78 is 35.9. The number of benzene rings is 2. The van der Waals surface area contributed by atoms with E-state index in [1.54, 1.807) is 12.1 Å². The van der Waals surface area contributed by atoms with Gasteiger partial charge in [0.1, 0.15) is 6.54 Å². The van der Waals surface area contributed by atoms with Gasteiger partial charge in [-0.25, -0.2) is 0 Å². The molecule has 214 valence electrons. The number of hydrogen-bond donors (Lipinski definition) is 2. The van der Waals surface area contributed by atoms with Gasteiger partial charge in [-0.05, 0) is 56.5 Å². The highest BCUT2D eigenvalue weighted by molar-refractivity contribution is 7.85. The molecule has 0 amide bonds. The number of carboxylic acid groups (broad SMARTS) is 1. The summed E-state index contributed by atoms with van der Waals surface area (Å²) in [6.45, 7) is 12.4. The van der Waals surface area contributed by atoms with E-state index in [1.165, 1.54) is 23.0 Å². The predicted molar refractivity (Wildman–Crippen MR) is 160 cm³/mol. The zero-order valence-corrected chi connectivity index (χ0v) is 25.0. The topological polar surface area (TPSA) is 97.9 Å². The van der Waals surface area contributed by atoms with E-state index in [2.05, 4.69) is 86.6 Å². The lowest BCUT2D eigenvalue weighted by atomic mass is 9.81. The second kappa shape index (κ2) is 11.3. The van der Waals surface area contributed by atoms with Crippen molar-refractivity contribution in [3.8, 4) is 0 Å². The Bertz CT molecular complexity index is 1500. The van der Waals surface area contributed by atoms with Gasteiger partial charge in [0.15, 0.2) is 5.71 Å². The Kier molecular flexibility index (Phi) is 8.43. The molecule has 0 fully saturated rings. The van der Waals surface area contributed by atoms with Crippen LogP contribution in [0.1, 0.15) is 77.8 Å². The zero-order chi connectivity index (χ0) is 29.3. The largest absolute Gasteiger partial charge is 0.481 e. The number of para-hydroxylation sites is 1. The molecule has 0 aromatic heterocycles. The lowest BCUT2D eigenvalue weighted by Crippen LogP contribution is -2.28. The molecule has 2 aromatic carbocycles. The first-order valence-electron chi connectivity index (χ1n) is 14.0. The normalized spacial score (nSPS) is 18.6. The quantitative estimate of drug-likeness (QED) is 0.181. The molecule has 0 saturated carbocycles. The average Bonchev–Trinajstić information content (AvgIpc) is 3.22. The molecule has 7 nitrogen and oxygen atoms in total. The van der Waals surface area contributed by atoms with Crippen LogP contribution in [-0.2, 0) is 25.7 Å². The van der Waals surface area contributed by atoms with Gasteiger partial charge in [0, 0.05) is 53.9 Å². The van der Waals surface area contributed by atoms with Gasteiger partial charge in [0.25, 0.3) is 10.1 Å². The van der Waals surface area contributed by atoms with E-state index in [1.807, 2.05) is 0 Å². The van der Waals surface area contributed by atoms with E-state index in [0.717, 1.165) is 42.8 Å². The van der Waals surface area contributed by atoms with Crippen LogP contribution in [0.3, 0.4) is 0 Å². The number of hydrogen-bond acceptors (Lipinski definition) is 4. The van der Waals surface area contributed by atoms with Crippen molar-refractivity contribution in [3.63, 3.8) is 0 Å². The third kappa shape index (κ3) is 5.65. The van der Waals surface area contributed by atoms with Gasteiger partial charge in [-0.15, -0.1) is 0 Å². The fourth-order valence-electron chi connectivity index (χ4n) is 6.11. The SMILES string of the molecule is CCC[N+]1=C(/C=C/C=C2/N(CCCCCC(=O)O)c3ccc(S(=O)(=O)O)cc3C2(C)C)C(C)(C)c2ccccc21. The predicted octanol–water partition coefficient (Wildman–Crippen LogP) is 6.60. The van der Waals surface area contributed by atoms with Crippen molar-refractivity contribution in [1.82, 2.24) is 0 Å². The van der Waals surface area contributed by atoms with Gasteiger partial charge in [-0.1, -0.05) is 51.5 Å². The van der Waals surface area contributed by atoms with E-state index in [0.29, 0.717) is 13.0 Å². The standard InChI is InChI=1S/C32H40N2O5S/c1-6-20-33-26-14-10-9-13-24(26)31(2,3)28(33)15-12-16-29-32(4,5)25-22-23(40(37,38)39)18-19-27(25)34(29)21-11-7-8-17-30(35)36/h9-10,12-16,18-19,22H,6-8,11,17,20-21H2,1-5H3,(H-,35,36,37,38,39)/p+1. The fraction of sp³-hybridized carbons (Fsp3) is 0.438. The number of fused-ring (bicyclic) bond motifs is 2. The minimum atomic E-state index is -4.34. The Morgan fingerprint density at radius 3 is 2.40 bits per heavy atom. The zero-order valence-electron chi connectivity index (χ0n) is 24.1. The molecule has 0 bridgehead atoms. The first-order valence-corrected chi connectivity index (χ1v) is 15.5. The van der Waals surface area contributed by atoms with E-state index in [9.17, 15) is 17.8 Å². The molecule has 0 unspecified atom stereocenters. The Labute approximate surface area is 238 Å². The maximum Gasteiger partial charge on any atom is 0.303 e. The fourth-order valence-corrected chi connectivity index (χ4v) is 6.62. The van der Waals surface area contributed by atoms with Crippen LogP contribution in [0.4, 0.5) is 11.4 Å². The summed E-state index contributed by atoms with van der Waals surface area (Å²) in [5.41, 5.74) is 5.90. The lowest BCUT2D eigenvalue weighted by molar-refractivity contribution is -0.437. The van der Waals surface area contributed by atoms with Gasteiger partial charge in [0.05, 0.1) is 10.3 Å². The highest BCUT2D eigenvalue weighted by atomic mass is 32.2. The highest BCUT2D eigenvalue weighted by Gasteiger charge is 2.44. The van der Waals surface area contributed by atoms with E-state index in [-0.39, 0.29) is 16.7 Å². The maximum absolute atomic E-state index is 11.9. The van der Waals surface area contributed by atoms with Crippen molar-refractivity contribution < 1.29 is 27.4 Å². The molecule has 0 atom stereocenters. The Hall–Kier alpha value is -3.23. The van der Waals surface area contributed by atoms with Crippen molar-refractivity contribution in [1.29, 1.82) is 0 Å². The molecule has 4 rings (SSSR count). The van der Waals surface area contributed by atoms with Crippen LogP contribution < -0.4 is 4.90 Å². The van der Waals surface area contributed by atoms with Crippen LogP contribution in [-0.4, -0.2) is 47.4 Å². The number of nitrogens with zero attached hydrogens (tertiary/aromatic N) is 2. The number of rotatable bonds is 11. The molecule has 0 saturated heterocycles. The van der Waals surface area contributed by atoms with Crippen LogP contribution in [0.25, 0.3) is 0 Å². The minimum Gasteiger partial charge on any atom is -0.481 e. The number of aliphatic carboxylic acids is 1. The first kappa shape index (κ1) is 29.7. The van der Waals surface area contributed by atoms with Crippen LogP contribution >= 0.6 is 0 Å². The molecule has 2 aliphatic rings. The molecule has 40 heavy (non-hydrogen) atoms. The Morgan fingerprint density at radius 2 is 1.73 bits per heavy atom. The third-order valence-electron chi connectivity index (χ3n) is 8.19. The molecular weight excluding hydrogens is 524 g/mol. The third-order valence-corrected chi connectivity index (χ3v) is 9.04. The molecule has 2 aromatic rings. The summed E-state index contributed by atoms with van der Waals surface area (Å²) in [5, 5.41) is 8.99. The van der Waals surface area contributed by atoms with E-state index in [4.69, 9.17) is 5.11 Å². The van der Waals surface area contributed by atoms with E-state index < -0.39 is 21.5 Å². The van der Waals surface area contributed by atoms with Gasteiger partial charge < -0.3 is 10.0 Å². The van der Waals surface area contributed by atoms with Crippen molar-refractivity contribution in [2.24, 2.45) is 0 Å². The van der Waals surface area contributed by atoms with Crippen molar-refractivity contribution >= 4 is 33.2 Å². The van der Waals surface area contributed by atoms with Crippen LogP contribution in [0.15, 0.2) is 71.3 Å². The molecule has 0 spiro atoms.